The van der Waals surface area contributed by atoms with Crippen molar-refractivity contribution >= 4 is 29.9 Å². The minimum atomic E-state index is 0. The topological polar surface area (TPSA) is 54.9 Å². The number of ether oxygens (including phenoxy) is 2. The van der Waals surface area contributed by atoms with Crippen LogP contribution in [0.5, 0.6) is 0 Å². The molecule has 0 radical (unpaired) electrons. The first-order valence-corrected chi connectivity index (χ1v) is 9.13. The summed E-state index contributed by atoms with van der Waals surface area (Å²) in [7, 11) is 3.54. The van der Waals surface area contributed by atoms with E-state index in [-0.39, 0.29) is 24.0 Å². The van der Waals surface area contributed by atoms with E-state index in [2.05, 4.69) is 29.5 Å². The smallest absolute Gasteiger partial charge is 0.190 e. The Balaban J connectivity index is 0.00000529. The summed E-state index contributed by atoms with van der Waals surface area (Å²) < 4.78 is 10.4. The van der Waals surface area contributed by atoms with Gasteiger partial charge in [-0.15, -0.1) is 24.0 Å². The van der Waals surface area contributed by atoms with Crippen molar-refractivity contribution in [2.75, 3.05) is 47.1 Å². The van der Waals surface area contributed by atoms with Gasteiger partial charge in [-0.1, -0.05) is 20.3 Å². The molecule has 0 unspecified atom stereocenters. The molecule has 1 fully saturated rings. The van der Waals surface area contributed by atoms with Gasteiger partial charge in [-0.05, 0) is 43.4 Å². The van der Waals surface area contributed by atoms with Crippen LogP contribution in [0.4, 0.5) is 0 Å². The van der Waals surface area contributed by atoms with Crippen LogP contribution in [-0.2, 0) is 9.47 Å². The van der Waals surface area contributed by atoms with Gasteiger partial charge < -0.3 is 20.1 Å². The average molecular weight is 455 g/mol. The third-order valence-corrected chi connectivity index (χ3v) is 4.55. The van der Waals surface area contributed by atoms with Gasteiger partial charge >= 0.3 is 0 Å². The van der Waals surface area contributed by atoms with E-state index < -0.39 is 0 Å². The fraction of sp³-hybridized carbons (Fsp3) is 0.944. The summed E-state index contributed by atoms with van der Waals surface area (Å²) in [5.41, 5.74) is 0.501. The van der Waals surface area contributed by atoms with Gasteiger partial charge in [-0.3, -0.25) is 4.99 Å². The largest absolute Gasteiger partial charge is 0.382 e. The molecule has 5 nitrogen and oxygen atoms in total. The lowest BCUT2D eigenvalue weighted by Crippen LogP contribution is -2.47. The molecule has 0 atom stereocenters. The number of nitrogens with one attached hydrogen (secondary N) is 2. The van der Waals surface area contributed by atoms with Crippen molar-refractivity contribution < 1.29 is 9.47 Å². The van der Waals surface area contributed by atoms with E-state index in [1.807, 2.05) is 7.05 Å². The number of methoxy groups -OCH3 is 1. The van der Waals surface area contributed by atoms with E-state index in [1.54, 1.807) is 7.11 Å². The van der Waals surface area contributed by atoms with Crippen LogP contribution in [0.25, 0.3) is 0 Å². The summed E-state index contributed by atoms with van der Waals surface area (Å²) in [5.74, 6) is 1.70. The molecular weight excluding hydrogens is 417 g/mol. The van der Waals surface area contributed by atoms with Crippen molar-refractivity contribution in [2.45, 2.75) is 52.4 Å². The lowest BCUT2D eigenvalue weighted by molar-refractivity contribution is 0.0689. The zero-order chi connectivity index (χ0) is 17.0. The Hall–Kier alpha value is -0.0800. The Bertz CT molecular complexity index is 334. The molecule has 0 heterocycles. The summed E-state index contributed by atoms with van der Waals surface area (Å²) in [6.07, 6.45) is 7.55. The lowest BCUT2D eigenvalue weighted by Gasteiger charge is -2.43. The van der Waals surface area contributed by atoms with E-state index in [0.717, 1.165) is 44.4 Å². The molecule has 2 N–H and O–H groups in total. The predicted octanol–water partition coefficient (Wildman–Crippen LogP) is 3.43. The van der Waals surface area contributed by atoms with E-state index in [1.165, 1.54) is 25.7 Å². The fourth-order valence-corrected chi connectivity index (χ4v) is 3.27. The Kier molecular flexibility index (Phi) is 14.1. The van der Waals surface area contributed by atoms with E-state index in [0.29, 0.717) is 18.6 Å². The minimum Gasteiger partial charge on any atom is -0.382 e. The second-order valence-corrected chi connectivity index (χ2v) is 7.12. The molecule has 1 saturated carbocycles. The van der Waals surface area contributed by atoms with Gasteiger partial charge in [0, 0.05) is 33.9 Å². The van der Waals surface area contributed by atoms with Gasteiger partial charge in [0.15, 0.2) is 5.96 Å². The number of rotatable bonds is 12. The van der Waals surface area contributed by atoms with Crippen molar-refractivity contribution in [3.05, 3.63) is 0 Å². The Morgan fingerprint density at radius 3 is 2.42 bits per heavy atom. The third kappa shape index (κ3) is 10.0. The van der Waals surface area contributed by atoms with Crippen molar-refractivity contribution in [1.29, 1.82) is 0 Å². The fourth-order valence-electron chi connectivity index (χ4n) is 3.27. The van der Waals surface area contributed by atoms with Crippen molar-refractivity contribution in [2.24, 2.45) is 16.3 Å². The predicted molar refractivity (Wildman–Crippen MR) is 112 cm³/mol. The van der Waals surface area contributed by atoms with Gasteiger partial charge in [0.25, 0.3) is 0 Å². The number of unbranched alkanes of at least 4 members (excludes halogenated alkanes) is 1. The lowest BCUT2D eigenvalue weighted by atomic mass is 9.64. The molecule has 0 spiro atoms. The quantitative estimate of drug-likeness (QED) is 0.205. The highest BCUT2D eigenvalue weighted by Gasteiger charge is 2.37. The number of hydrogen-bond acceptors (Lipinski definition) is 3. The van der Waals surface area contributed by atoms with Crippen LogP contribution in [0.3, 0.4) is 0 Å². The molecule has 1 rings (SSSR count). The van der Waals surface area contributed by atoms with Crippen LogP contribution in [0.2, 0.25) is 0 Å². The van der Waals surface area contributed by atoms with Gasteiger partial charge in [-0.25, -0.2) is 0 Å². The molecule has 1 aliphatic rings. The molecule has 6 heteroatoms. The molecular formula is C18H38IN3O2. The maximum absolute atomic E-state index is 5.46. The minimum absolute atomic E-state index is 0. The summed E-state index contributed by atoms with van der Waals surface area (Å²) in [6, 6.07) is 0. The standard InChI is InChI=1S/C18H37N3O2.HI/c1-16(2)14-18(8-7-9-18)15-21-17(19-3)20-10-5-6-11-23-13-12-22-4;/h16H,5-15H2,1-4H3,(H2,19,20,21);1H. The maximum atomic E-state index is 5.46. The average Bonchev–Trinajstić information content (AvgIpc) is 2.49. The number of guanidine groups is 1. The number of nitrogens with zero attached hydrogens (tertiary/aromatic N) is 1. The summed E-state index contributed by atoms with van der Waals surface area (Å²) in [5, 5.41) is 6.93. The Labute approximate surface area is 165 Å². The van der Waals surface area contributed by atoms with E-state index in [4.69, 9.17) is 9.47 Å². The van der Waals surface area contributed by atoms with Crippen LogP contribution in [0.1, 0.15) is 52.4 Å². The molecule has 24 heavy (non-hydrogen) atoms. The molecule has 0 aromatic heterocycles. The Morgan fingerprint density at radius 1 is 1.12 bits per heavy atom. The van der Waals surface area contributed by atoms with Gasteiger partial charge in [-0.2, -0.15) is 0 Å². The first kappa shape index (κ1) is 23.9. The first-order chi connectivity index (χ1) is 11.1. The summed E-state index contributed by atoms with van der Waals surface area (Å²) >= 11 is 0. The second-order valence-electron chi connectivity index (χ2n) is 7.12. The molecule has 0 aromatic carbocycles. The number of aliphatic imine (C=N–C) groups is 1. The van der Waals surface area contributed by atoms with Crippen LogP contribution in [-0.4, -0.2) is 53.0 Å². The zero-order valence-corrected chi connectivity index (χ0v) is 18.4. The summed E-state index contributed by atoms with van der Waals surface area (Å²) in [4.78, 5) is 4.33. The molecule has 0 amide bonds. The molecule has 0 saturated heterocycles. The van der Waals surface area contributed by atoms with Crippen molar-refractivity contribution in [3.63, 3.8) is 0 Å². The first-order valence-electron chi connectivity index (χ1n) is 9.13. The van der Waals surface area contributed by atoms with Gasteiger partial charge in [0.05, 0.1) is 13.2 Å². The number of halogens is 1. The van der Waals surface area contributed by atoms with Gasteiger partial charge in [0.1, 0.15) is 0 Å². The van der Waals surface area contributed by atoms with Crippen LogP contribution >= 0.6 is 24.0 Å². The SMILES string of the molecule is CN=C(NCCCCOCCOC)NCC1(CC(C)C)CCC1.I. The molecule has 0 aliphatic heterocycles. The van der Waals surface area contributed by atoms with Crippen LogP contribution < -0.4 is 10.6 Å². The molecule has 0 bridgehead atoms. The maximum Gasteiger partial charge on any atom is 0.190 e. The van der Waals surface area contributed by atoms with Crippen molar-refractivity contribution in [1.82, 2.24) is 10.6 Å². The van der Waals surface area contributed by atoms with Crippen molar-refractivity contribution in [3.8, 4) is 0 Å². The van der Waals surface area contributed by atoms with Gasteiger partial charge in [0.2, 0.25) is 0 Å². The Morgan fingerprint density at radius 2 is 1.88 bits per heavy atom. The summed E-state index contributed by atoms with van der Waals surface area (Å²) in [6.45, 7) is 8.78. The van der Waals surface area contributed by atoms with E-state index >= 15 is 0 Å². The molecule has 1 aliphatic carbocycles. The highest BCUT2D eigenvalue weighted by molar-refractivity contribution is 14.0. The molecule has 0 aromatic rings. The molecule has 144 valence electrons. The second kappa shape index (κ2) is 14.1. The van der Waals surface area contributed by atoms with Crippen LogP contribution in [0.15, 0.2) is 4.99 Å². The monoisotopic (exact) mass is 455 g/mol. The van der Waals surface area contributed by atoms with Crippen LogP contribution in [0, 0.1) is 11.3 Å². The zero-order valence-electron chi connectivity index (χ0n) is 16.0. The third-order valence-electron chi connectivity index (χ3n) is 4.55. The van der Waals surface area contributed by atoms with E-state index in [9.17, 15) is 0 Å². The highest BCUT2D eigenvalue weighted by atomic mass is 127. The normalized spacial score (nSPS) is 16.5. The number of hydrogen-bond donors (Lipinski definition) is 2. The highest BCUT2D eigenvalue weighted by Crippen LogP contribution is 2.45.